The number of nitrogen functional groups attached to an aromatic ring is 1. The summed E-state index contributed by atoms with van der Waals surface area (Å²) in [5, 5.41) is 0.936. The molecule has 154 valence electrons. The van der Waals surface area contributed by atoms with Crippen molar-refractivity contribution in [3.8, 4) is 28.3 Å². The maximum atomic E-state index is 5.71. The highest BCUT2D eigenvalue weighted by molar-refractivity contribution is 6.05. The Kier molecular flexibility index (Phi) is 4.39. The molecule has 0 aliphatic carbocycles. The Bertz CT molecular complexity index is 1410. The van der Waals surface area contributed by atoms with Gasteiger partial charge in [-0.2, -0.15) is 0 Å². The predicted molar refractivity (Wildman–Crippen MR) is 120 cm³/mol. The molecule has 0 saturated heterocycles. The van der Waals surface area contributed by atoms with E-state index in [4.69, 9.17) is 20.2 Å². The lowest BCUT2D eigenvalue weighted by Gasteiger charge is -2.13. The zero-order valence-electron chi connectivity index (χ0n) is 17.3. The van der Waals surface area contributed by atoms with E-state index in [1.165, 1.54) is 0 Å². The van der Waals surface area contributed by atoms with Gasteiger partial charge in [-0.15, -0.1) is 0 Å². The van der Waals surface area contributed by atoms with Crippen LogP contribution in [0.1, 0.15) is 5.82 Å². The second-order valence-electron chi connectivity index (χ2n) is 7.08. The van der Waals surface area contributed by atoms with Crippen LogP contribution in [-0.4, -0.2) is 38.7 Å². The van der Waals surface area contributed by atoms with E-state index in [0.29, 0.717) is 5.75 Å². The Morgan fingerprint density at radius 3 is 2.29 bits per heavy atom. The smallest absolute Gasteiger partial charge is 0.219 e. The van der Waals surface area contributed by atoms with Gasteiger partial charge in [-0.25, -0.2) is 15.0 Å². The first-order valence-electron chi connectivity index (χ1n) is 9.67. The molecule has 0 saturated carbocycles. The Morgan fingerprint density at radius 1 is 0.871 bits per heavy atom. The third-order valence-corrected chi connectivity index (χ3v) is 5.28. The SMILES string of the molecule is COc1ccc(-n2c(C)nc3cnc4cc(-c5cnc(N)nc5)c(OC)cc4c32)cc1. The number of fused-ring (bicyclic) bond motifs is 3. The number of hydrogen-bond acceptors (Lipinski definition) is 7. The average Bonchev–Trinajstić information content (AvgIpc) is 3.15. The Labute approximate surface area is 178 Å². The number of aryl methyl sites for hydroxylation is 1. The van der Waals surface area contributed by atoms with Gasteiger partial charge in [-0.05, 0) is 43.3 Å². The number of methoxy groups -OCH3 is 2. The molecule has 3 aromatic heterocycles. The molecule has 8 heteroatoms. The lowest BCUT2D eigenvalue weighted by atomic mass is 10.0. The third-order valence-electron chi connectivity index (χ3n) is 5.28. The number of hydrogen-bond donors (Lipinski definition) is 1. The summed E-state index contributed by atoms with van der Waals surface area (Å²) in [5.41, 5.74) is 10.9. The number of benzene rings is 2. The van der Waals surface area contributed by atoms with Crippen molar-refractivity contribution < 1.29 is 9.47 Å². The number of pyridine rings is 1. The number of imidazole rings is 1. The Hall–Kier alpha value is -4.20. The minimum absolute atomic E-state index is 0.224. The third kappa shape index (κ3) is 3.09. The molecule has 0 aliphatic rings. The van der Waals surface area contributed by atoms with Gasteiger partial charge in [0.2, 0.25) is 5.95 Å². The summed E-state index contributed by atoms with van der Waals surface area (Å²) < 4.78 is 13.1. The van der Waals surface area contributed by atoms with E-state index in [1.807, 2.05) is 43.3 Å². The van der Waals surface area contributed by atoms with Crippen LogP contribution < -0.4 is 15.2 Å². The summed E-state index contributed by atoms with van der Waals surface area (Å²) in [6, 6.07) is 11.8. The normalized spacial score (nSPS) is 11.2. The van der Waals surface area contributed by atoms with Crippen molar-refractivity contribution in [2.24, 2.45) is 0 Å². The number of aromatic nitrogens is 5. The van der Waals surface area contributed by atoms with Crippen LogP contribution in [0.2, 0.25) is 0 Å². The first-order valence-corrected chi connectivity index (χ1v) is 9.67. The number of anilines is 1. The van der Waals surface area contributed by atoms with Gasteiger partial charge in [0, 0.05) is 34.6 Å². The molecule has 0 bridgehead atoms. The lowest BCUT2D eigenvalue weighted by Crippen LogP contribution is -1.99. The maximum Gasteiger partial charge on any atom is 0.219 e. The van der Waals surface area contributed by atoms with Crippen LogP contribution in [0.3, 0.4) is 0 Å². The topological polar surface area (TPSA) is 101 Å². The Morgan fingerprint density at radius 2 is 1.61 bits per heavy atom. The van der Waals surface area contributed by atoms with Crippen LogP contribution in [0, 0.1) is 6.92 Å². The molecule has 0 spiro atoms. The van der Waals surface area contributed by atoms with Crippen molar-refractivity contribution >= 4 is 27.9 Å². The molecule has 2 aromatic carbocycles. The van der Waals surface area contributed by atoms with E-state index in [9.17, 15) is 0 Å². The fraction of sp³-hybridized carbons (Fsp3) is 0.130. The quantitative estimate of drug-likeness (QED) is 0.477. The fourth-order valence-corrected chi connectivity index (χ4v) is 3.82. The van der Waals surface area contributed by atoms with Gasteiger partial charge in [0.05, 0.1) is 31.4 Å². The second-order valence-corrected chi connectivity index (χ2v) is 7.08. The highest BCUT2D eigenvalue weighted by Crippen LogP contribution is 2.36. The molecule has 0 fully saturated rings. The lowest BCUT2D eigenvalue weighted by molar-refractivity contribution is 0.414. The molecule has 0 atom stereocenters. The van der Waals surface area contributed by atoms with E-state index in [-0.39, 0.29) is 5.95 Å². The zero-order chi connectivity index (χ0) is 21.5. The molecule has 8 nitrogen and oxygen atoms in total. The molecule has 5 rings (SSSR count). The van der Waals surface area contributed by atoms with E-state index in [2.05, 4.69) is 19.5 Å². The number of rotatable bonds is 4. The van der Waals surface area contributed by atoms with E-state index < -0.39 is 0 Å². The molecule has 31 heavy (non-hydrogen) atoms. The molecule has 5 aromatic rings. The summed E-state index contributed by atoms with van der Waals surface area (Å²) in [7, 11) is 3.30. The van der Waals surface area contributed by atoms with Gasteiger partial charge < -0.3 is 15.2 Å². The summed E-state index contributed by atoms with van der Waals surface area (Å²) in [4.78, 5) is 17.6. The molecule has 0 unspecified atom stereocenters. The molecular weight excluding hydrogens is 392 g/mol. The molecule has 0 radical (unpaired) electrons. The van der Waals surface area contributed by atoms with Crippen molar-refractivity contribution in [1.82, 2.24) is 24.5 Å². The van der Waals surface area contributed by atoms with Crippen molar-refractivity contribution in [2.45, 2.75) is 6.92 Å². The first kappa shape index (κ1) is 18.8. The molecule has 3 heterocycles. The fourth-order valence-electron chi connectivity index (χ4n) is 3.82. The van der Waals surface area contributed by atoms with Crippen molar-refractivity contribution in [1.29, 1.82) is 0 Å². The first-order chi connectivity index (χ1) is 15.1. The van der Waals surface area contributed by atoms with E-state index in [0.717, 1.165) is 50.3 Å². The van der Waals surface area contributed by atoms with Crippen molar-refractivity contribution in [3.05, 3.63) is 60.8 Å². The average molecular weight is 412 g/mol. The summed E-state index contributed by atoms with van der Waals surface area (Å²) in [6.45, 7) is 1.98. The van der Waals surface area contributed by atoms with Gasteiger partial charge in [0.15, 0.2) is 0 Å². The van der Waals surface area contributed by atoms with Crippen LogP contribution >= 0.6 is 0 Å². The maximum absolute atomic E-state index is 5.71. The van der Waals surface area contributed by atoms with E-state index >= 15 is 0 Å². The van der Waals surface area contributed by atoms with Gasteiger partial charge in [0.25, 0.3) is 0 Å². The van der Waals surface area contributed by atoms with E-state index in [1.54, 1.807) is 32.8 Å². The van der Waals surface area contributed by atoms with Crippen molar-refractivity contribution in [2.75, 3.05) is 20.0 Å². The van der Waals surface area contributed by atoms with Gasteiger partial charge in [-0.1, -0.05) is 0 Å². The van der Waals surface area contributed by atoms with Crippen LogP contribution in [0.15, 0.2) is 55.0 Å². The van der Waals surface area contributed by atoms with Gasteiger partial charge in [-0.3, -0.25) is 9.55 Å². The Balaban J connectivity index is 1.78. The van der Waals surface area contributed by atoms with Crippen LogP contribution in [-0.2, 0) is 0 Å². The largest absolute Gasteiger partial charge is 0.497 e. The second kappa shape index (κ2) is 7.24. The van der Waals surface area contributed by atoms with Crippen LogP contribution in [0.5, 0.6) is 11.5 Å². The predicted octanol–water partition coefficient (Wildman–Crippen LogP) is 3.94. The summed E-state index contributed by atoms with van der Waals surface area (Å²) >= 11 is 0. The molecular formula is C23H20N6O2. The zero-order valence-corrected chi connectivity index (χ0v) is 17.3. The number of nitrogens with zero attached hydrogens (tertiary/aromatic N) is 5. The molecule has 0 aliphatic heterocycles. The highest BCUT2D eigenvalue weighted by Gasteiger charge is 2.17. The van der Waals surface area contributed by atoms with Gasteiger partial charge >= 0.3 is 0 Å². The molecule has 0 amide bonds. The van der Waals surface area contributed by atoms with Crippen molar-refractivity contribution in [3.63, 3.8) is 0 Å². The summed E-state index contributed by atoms with van der Waals surface area (Å²) in [5.74, 6) is 2.58. The minimum Gasteiger partial charge on any atom is -0.497 e. The molecule has 2 N–H and O–H groups in total. The highest BCUT2D eigenvalue weighted by atomic mass is 16.5. The minimum atomic E-state index is 0.224. The standard InChI is InChI=1S/C23H20N6O2/c1-13-28-20-12-25-19-8-17(14-10-26-23(24)27-11-14)21(31-3)9-18(19)22(20)29(13)15-4-6-16(30-2)7-5-15/h4-12H,1-3H3,(H2,24,26,27). The number of nitrogens with two attached hydrogens (primary N) is 1. The van der Waals surface area contributed by atoms with Crippen LogP contribution in [0.4, 0.5) is 5.95 Å². The van der Waals surface area contributed by atoms with Crippen LogP contribution in [0.25, 0.3) is 38.8 Å². The summed E-state index contributed by atoms with van der Waals surface area (Å²) in [6.07, 6.45) is 5.15. The van der Waals surface area contributed by atoms with Gasteiger partial charge in [0.1, 0.15) is 22.8 Å². The number of ether oxygens (including phenoxy) is 2. The monoisotopic (exact) mass is 412 g/mol.